The number of hydrogen-bond donors (Lipinski definition) is 1. The number of aromatic carboxylic acids is 1. The Labute approximate surface area is 192 Å². The van der Waals surface area contributed by atoms with E-state index in [1.807, 2.05) is 6.07 Å². The van der Waals surface area contributed by atoms with Crippen molar-refractivity contribution in [2.45, 2.75) is 51.9 Å². The number of oxazole rings is 1. The van der Waals surface area contributed by atoms with E-state index in [2.05, 4.69) is 4.98 Å². The fourth-order valence-corrected chi connectivity index (χ4v) is 4.34. The summed E-state index contributed by atoms with van der Waals surface area (Å²) in [4.78, 5) is 16.0. The summed E-state index contributed by atoms with van der Waals surface area (Å²) in [6.45, 7) is 3.02. The maximum atomic E-state index is 13.1. The van der Waals surface area contributed by atoms with Gasteiger partial charge in [0.15, 0.2) is 0 Å². The third-order valence-electron chi connectivity index (χ3n) is 6.03. The summed E-state index contributed by atoms with van der Waals surface area (Å²) in [6.07, 6.45) is 5.69. The standard InChI is InChI=1S/C26H28FNO5/c1-17-4-2-6-20(24(17)26(29)30)14-31-13-18-5-3-7-23(12-18)32-15-22-16-33-25(28-22)19-8-10-21(27)11-9-19/h2,4,6,8-11,16,18,23H,3,5,7,12-15H2,1H3,(H,29,30)/t18-,23+/m1/s1. The summed E-state index contributed by atoms with van der Waals surface area (Å²) in [5.41, 5.74) is 3.19. The number of carboxylic acid groups (broad SMARTS) is 1. The van der Waals surface area contributed by atoms with Gasteiger partial charge in [0.2, 0.25) is 5.89 Å². The molecule has 1 N–H and O–H groups in total. The van der Waals surface area contributed by atoms with Gasteiger partial charge in [0.05, 0.1) is 24.9 Å². The van der Waals surface area contributed by atoms with Crippen LogP contribution < -0.4 is 0 Å². The van der Waals surface area contributed by atoms with Gasteiger partial charge in [-0.1, -0.05) is 24.6 Å². The number of aryl methyl sites for hydroxylation is 1. The molecule has 4 rings (SSSR count). The van der Waals surface area contributed by atoms with Crippen LogP contribution in [0.25, 0.3) is 11.5 Å². The molecule has 2 atom stereocenters. The smallest absolute Gasteiger partial charge is 0.336 e. The Morgan fingerprint density at radius 3 is 2.79 bits per heavy atom. The van der Waals surface area contributed by atoms with E-state index < -0.39 is 5.97 Å². The molecule has 6 nitrogen and oxygen atoms in total. The third-order valence-corrected chi connectivity index (χ3v) is 6.03. The van der Waals surface area contributed by atoms with Gasteiger partial charge in [0.1, 0.15) is 17.8 Å². The molecule has 33 heavy (non-hydrogen) atoms. The van der Waals surface area contributed by atoms with E-state index in [1.165, 1.54) is 12.1 Å². The zero-order chi connectivity index (χ0) is 23.2. The lowest BCUT2D eigenvalue weighted by molar-refractivity contribution is -0.0187. The van der Waals surface area contributed by atoms with Crippen molar-refractivity contribution >= 4 is 5.97 Å². The van der Waals surface area contributed by atoms with Crippen LogP contribution in [-0.4, -0.2) is 28.8 Å². The molecule has 174 valence electrons. The summed E-state index contributed by atoms with van der Waals surface area (Å²) in [7, 11) is 0. The molecule has 0 bridgehead atoms. The lowest BCUT2D eigenvalue weighted by Gasteiger charge is -2.29. The van der Waals surface area contributed by atoms with Crippen LogP contribution >= 0.6 is 0 Å². The summed E-state index contributed by atoms with van der Waals surface area (Å²) < 4.78 is 30.6. The highest BCUT2D eigenvalue weighted by Crippen LogP contribution is 2.28. The Balaban J connectivity index is 1.25. The summed E-state index contributed by atoms with van der Waals surface area (Å²) in [5.74, 6) is -0.409. The zero-order valence-corrected chi connectivity index (χ0v) is 18.6. The van der Waals surface area contributed by atoms with Gasteiger partial charge >= 0.3 is 5.97 Å². The van der Waals surface area contributed by atoms with E-state index in [-0.39, 0.29) is 18.5 Å². The Morgan fingerprint density at radius 1 is 1.18 bits per heavy atom. The second kappa shape index (κ2) is 10.7. The first-order valence-corrected chi connectivity index (χ1v) is 11.2. The quantitative estimate of drug-likeness (QED) is 0.442. The number of nitrogens with zero attached hydrogens (tertiary/aromatic N) is 1. The van der Waals surface area contributed by atoms with Crippen molar-refractivity contribution in [1.82, 2.24) is 4.98 Å². The van der Waals surface area contributed by atoms with E-state index >= 15 is 0 Å². The molecule has 1 aliphatic rings. The molecule has 0 radical (unpaired) electrons. The van der Waals surface area contributed by atoms with Gasteiger partial charge in [-0.2, -0.15) is 0 Å². The van der Waals surface area contributed by atoms with E-state index in [0.717, 1.165) is 36.8 Å². The lowest BCUT2D eigenvalue weighted by Crippen LogP contribution is -2.25. The Kier molecular flexibility index (Phi) is 7.52. The number of halogens is 1. The summed E-state index contributed by atoms with van der Waals surface area (Å²) in [5, 5.41) is 9.46. The van der Waals surface area contributed by atoms with Gasteiger partial charge < -0.3 is 19.0 Å². The van der Waals surface area contributed by atoms with E-state index in [4.69, 9.17) is 13.9 Å². The lowest BCUT2D eigenvalue weighted by atomic mass is 9.88. The molecule has 1 aromatic heterocycles. The molecule has 3 aromatic rings. The number of carboxylic acids is 1. The van der Waals surface area contributed by atoms with E-state index in [0.29, 0.717) is 41.8 Å². The second-order valence-electron chi connectivity index (χ2n) is 8.55. The van der Waals surface area contributed by atoms with Gasteiger partial charge in [0, 0.05) is 12.2 Å². The number of hydrogen-bond acceptors (Lipinski definition) is 5. The van der Waals surface area contributed by atoms with Crippen LogP contribution in [0.1, 0.15) is 52.9 Å². The van der Waals surface area contributed by atoms with Crippen molar-refractivity contribution in [3.8, 4) is 11.5 Å². The predicted molar refractivity (Wildman–Crippen MR) is 120 cm³/mol. The maximum absolute atomic E-state index is 13.1. The summed E-state index contributed by atoms with van der Waals surface area (Å²) >= 11 is 0. The van der Waals surface area contributed by atoms with Crippen molar-refractivity contribution in [3.05, 3.63) is 76.9 Å². The molecule has 1 saturated carbocycles. The minimum absolute atomic E-state index is 0.117. The van der Waals surface area contributed by atoms with Gasteiger partial charge in [-0.05, 0) is 67.5 Å². The first-order chi connectivity index (χ1) is 16.0. The number of benzene rings is 2. The molecule has 0 amide bonds. The number of ether oxygens (including phenoxy) is 2. The predicted octanol–water partition coefficient (Wildman–Crippen LogP) is 5.78. The monoisotopic (exact) mass is 453 g/mol. The molecular formula is C26H28FNO5. The molecule has 1 aliphatic carbocycles. The van der Waals surface area contributed by atoms with E-state index in [1.54, 1.807) is 37.5 Å². The molecule has 7 heteroatoms. The highest BCUT2D eigenvalue weighted by Gasteiger charge is 2.23. The Hall–Kier alpha value is -3.03. The topological polar surface area (TPSA) is 81.8 Å². The first kappa shape index (κ1) is 23.1. The molecule has 1 fully saturated rings. The zero-order valence-electron chi connectivity index (χ0n) is 18.6. The molecule has 2 aromatic carbocycles. The first-order valence-electron chi connectivity index (χ1n) is 11.2. The fraction of sp³-hybridized carbons (Fsp3) is 0.385. The highest BCUT2D eigenvalue weighted by molar-refractivity contribution is 5.91. The van der Waals surface area contributed by atoms with Crippen LogP contribution in [0, 0.1) is 18.7 Å². The number of aromatic nitrogens is 1. The normalized spacial score (nSPS) is 18.4. The number of carbonyl (C=O) groups is 1. The minimum atomic E-state index is -0.923. The van der Waals surface area contributed by atoms with Crippen LogP contribution in [0.2, 0.25) is 0 Å². The van der Waals surface area contributed by atoms with Gasteiger partial charge in [-0.15, -0.1) is 0 Å². The molecule has 0 saturated heterocycles. The van der Waals surface area contributed by atoms with Crippen molar-refractivity contribution in [2.24, 2.45) is 5.92 Å². The number of rotatable bonds is 9. The van der Waals surface area contributed by atoms with Gasteiger partial charge in [0.25, 0.3) is 0 Å². The minimum Gasteiger partial charge on any atom is -0.478 e. The van der Waals surface area contributed by atoms with Crippen molar-refractivity contribution in [2.75, 3.05) is 6.61 Å². The van der Waals surface area contributed by atoms with E-state index in [9.17, 15) is 14.3 Å². The molecule has 1 heterocycles. The molecule has 0 unspecified atom stereocenters. The fourth-order valence-electron chi connectivity index (χ4n) is 4.34. The van der Waals surface area contributed by atoms with Crippen LogP contribution in [-0.2, 0) is 22.7 Å². The molecule has 0 spiro atoms. The second-order valence-corrected chi connectivity index (χ2v) is 8.55. The SMILES string of the molecule is Cc1cccc(COC[C@@H]2CCC[C@H](OCc3coc(-c4ccc(F)cc4)n3)C2)c1C(=O)O. The van der Waals surface area contributed by atoms with Gasteiger partial charge in [-0.25, -0.2) is 14.2 Å². The van der Waals surface area contributed by atoms with Crippen LogP contribution in [0.5, 0.6) is 0 Å². The van der Waals surface area contributed by atoms with Crippen molar-refractivity contribution < 1.29 is 28.2 Å². The third kappa shape index (κ3) is 6.06. The Morgan fingerprint density at radius 2 is 2.00 bits per heavy atom. The summed E-state index contributed by atoms with van der Waals surface area (Å²) in [6, 6.07) is 11.5. The maximum Gasteiger partial charge on any atom is 0.336 e. The van der Waals surface area contributed by atoms with Gasteiger partial charge in [-0.3, -0.25) is 0 Å². The van der Waals surface area contributed by atoms with Crippen LogP contribution in [0.3, 0.4) is 0 Å². The Bertz CT molecular complexity index is 1080. The highest BCUT2D eigenvalue weighted by atomic mass is 19.1. The molecule has 0 aliphatic heterocycles. The van der Waals surface area contributed by atoms with Crippen LogP contribution in [0.4, 0.5) is 4.39 Å². The van der Waals surface area contributed by atoms with Crippen molar-refractivity contribution in [3.63, 3.8) is 0 Å². The molecular weight excluding hydrogens is 425 g/mol. The largest absolute Gasteiger partial charge is 0.478 e. The van der Waals surface area contributed by atoms with Crippen molar-refractivity contribution in [1.29, 1.82) is 0 Å². The average molecular weight is 454 g/mol. The average Bonchev–Trinajstić information content (AvgIpc) is 3.27. The van der Waals surface area contributed by atoms with Crippen LogP contribution in [0.15, 0.2) is 53.1 Å².